The van der Waals surface area contributed by atoms with Crippen LogP contribution in [0.4, 0.5) is 0 Å². The van der Waals surface area contributed by atoms with Gasteiger partial charge < -0.3 is 0 Å². The number of hydrogen-bond acceptors (Lipinski definition) is 2. The Balaban J connectivity index is 1.92. The standard InChI is InChI=1S/C13H15NS/c14-10-12-3-6-13(7-4-12,8-5-12)11-2-1-9-15-11/h1-2,9H,3-8H2. The fourth-order valence-electron chi connectivity index (χ4n) is 3.30. The van der Waals surface area contributed by atoms with Gasteiger partial charge in [-0.15, -0.1) is 11.3 Å². The summed E-state index contributed by atoms with van der Waals surface area (Å²) in [4.78, 5) is 1.56. The van der Waals surface area contributed by atoms with Crippen molar-refractivity contribution in [2.24, 2.45) is 5.41 Å². The van der Waals surface area contributed by atoms with Crippen molar-refractivity contribution in [3.8, 4) is 6.07 Å². The fourth-order valence-corrected chi connectivity index (χ4v) is 4.32. The Morgan fingerprint density at radius 3 is 2.27 bits per heavy atom. The van der Waals surface area contributed by atoms with Crippen LogP contribution in [-0.2, 0) is 5.41 Å². The molecule has 1 aromatic rings. The van der Waals surface area contributed by atoms with Crippen LogP contribution in [0.1, 0.15) is 43.4 Å². The molecule has 2 bridgehead atoms. The van der Waals surface area contributed by atoms with Gasteiger partial charge in [-0.05, 0) is 50.0 Å². The van der Waals surface area contributed by atoms with Gasteiger partial charge in [0.1, 0.15) is 0 Å². The van der Waals surface area contributed by atoms with E-state index < -0.39 is 0 Å². The molecule has 0 amide bonds. The van der Waals surface area contributed by atoms with Crippen LogP contribution in [0.3, 0.4) is 0 Å². The SMILES string of the molecule is N#CC12CCC(c3cccs3)(CC1)CC2. The lowest BCUT2D eigenvalue weighted by atomic mass is 9.54. The van der Waals surface area contributed by atoms with E-state index in [1.54, 1.807) is 4.88 Å². The summed E-state index contributed by atoms with van der Waals surface area (Å²) in [6, 6.07) is 7.02. The van der Waals surface area contributed by atoms with Gasteiger partial charge in [-0.25, -0.2) is 0 Å². The van der Waals surface area contributed by atoms with Crippen LogP contribution < -0.4 is 0 Å². The third kappa shape index (κ3) is 1.26. The van der Waals surface area contributed by atoms with Crippen LogP contribution in [0, 0.1) is 16.7 Å². The van der Waals surface area contributed by atoms with Gasteiger partial charge in [-0.1, -0.05) is 6.07 Å². The van der Waals surface area contributed by atoms with Crippen LogP contribution in [0.2, 0.25) is 0 Å². The number of nitrogens with zero attached hydrogens (tertiary/aromatic N) is 1. The summed E-state index contributed by atoms with van der Waals surface area (Å²) in [5.41, 5.74) is 0.506. The molecule has 1 aromatic heterocycles. The molecule has 2 heteroatoms. The van der Waals surface area contributed by atoms with Crippen molar-refractivity contribution in [3.05, 3.63) is 22.4 Å². The van der Waals surface area contributed by atoms with Gasteiger partial charge in [0.25, 0.3) is 0 Å². The number of thiophene rings is 1. The lowest BCUT2D eigenvalue weighted by molar-refractivity contribution is 0.0872. The zero-order valence-electron chi connectivity index (χ0n) is 8.83. The first-order valence-electron chi connectivity index (χ1n) is 5.74. The Morgan fingerprint density at radius 1 is 1.13 bits per heavy atom. The summed E-state index contributed by atoms with van der Waals surface area (Å²) in [5.74, 6) is 0. The molecule has 3 aliphatic carbocycles. The largest absolute Gasteiger partial charge is 0.198 e. The van der Waals surface area contributed by atoms with Crippen molar-refractivity contribution < 1.29 is 0 Å². The first-order chi connectivity index (χ1) is 7.29. The lowest BCUT2D eigenvalue weighted by Gasteiger charge is -2.50. The second-order valence-corrected chi connectivity index (χ2v) is 6.10. The second-order valence-electron chi connectivity index (χ2n) is 5.15. The average Bonchev–Trinajstić information content (AvgIpc) is 2.86. The second kappa shape index (κ2) is 3.09. The highest BCUT2D eigenvalue weighted by Gasteiger charge is 2.49. The highest BCUT2D eigenvalue weighted by atomic mass is 32.1. The third-order valence-corrected chi connectivity index (χ3v) is 5.64. The Kier molecular flexibility index (Phi) is 1.94. The Hall–Kier alpha value is -0.810. The highest BCUT2D eigenvalue weighted by Crippen LogP contribution is 2.58. The number of fused-ring (bicyclic) bond motifs is 3. The van der Waals surface area contributed by atoms with Gasteiger partial charge >= 0.3 is 0 Å². The van der Waals surface area contributed by atoms with Gasteiger partial charge in [-0.3, -0.25) is 0 Å². The average molecular weight is 217 g/mol. The molecule has 0 aromatic carbocycles. The molecule has 3 fully saturated rings. The van der Waals surface area contributed by atoms with E-state index in [1.807, 2.05) is 11.3 Å². The van der Waals surface area contributed by atoms with Crippen LogP contribution in [0.25, 0.3) is 0 Å². The van der Waals surface area contributed by atoms with E-state index in [9.17, 15) is 5.26 Å². The molecule has 1 nitrogen and oxygen atoms in total. The van der Waals surface area contributed by atoms with Crippen molar-refractivity contribution in [1.29, 1.82) is 5.26 Å². The van der Waals surface area contributed by atoms with Crippen molar-refractivity contribution in [2.45, 2.75) is 43.9 Å². The molecule has 78 valence electrons. The molecule has 1 heterocycles. The molecule has 3 aliphatic rings. The van der Waals surface area contributed by atoms with E-state index in [4.69, 9.17) is 0 Å². The van der Waals surface area contributed by atoms with Gasteiger partial charge in [0.15, 0.2) is 0 Å². The molecule has 4 rings (SSSR count). The summed E-state index contributed by atoms with van der Waals surface area (Å²) in [6.45, 7) is 0. The molecule has 0 radical (unpaired) electrons. The van der Waals surface area contributed by atoms with Gasteiger partial charge in [0, 0.05) is 10.3 Å². The quantitative estimate of drug-likeness (QED) is 0.700. The Labute approximate surface area is 94.7 Å². The van der Waals surface area contributed by atoms with Crippen molar-refractivity contribution >= 4 is 11.3 Å². The van der Waals surface area contributed by atoms with Crippen molar-refractivity contribution in [1.82, 2.24) is 0 Å². The Bertz CT molecular complexity index is 374. The molecule has 0 spiro atoms. The van der Waals surface area contributed by atoms with E-state index in [-0.39, 0.29) is 5.41 Å². The maximum absolute atomic E-state index is 9.23. The maximum atomic E-state index is 9.23. The maximum Gasteiger partial charge on any atom is 0.0689 e. The molecule has 0 N–H and O–H groups in total. The van der Waals surface area contributed by atoms with Crippen LogP contribution in [0.5, 0.6) is 0 Å². The molecular weight excluding hydrogens is 202 g/mol. The monoisotopic (exact) mass is 217 g/mol. The van der Waals surface area contributed by atoms with E-state index in [2.05, 4.69) is 23.6 Å². The van der Waals surface area contributed by atoms with Crippen molar-refractivity contribution in [2.75, 3.05) is 0 Å². The van der Waals surface area contributed by atoms with E-state index in [0.29, 0.717) is 5.41 Å². The van der Waals surface area contributed by atoms with Crippen LogP contribution in [0.15, 0.2) is 17.5 Å². The zero-order valence-corrected chi connectivity index (χ0v) is 9.65. The first-order valence-corrected chi connectivity index (χ1v) is 6.62. The predicted octanol–water partition coefficient (Wildman–Crippen LogP) is 3.86. The van der Waals surface area contributed by atoms with Gasteiger partial charge in [0.05, 0.1) is 11.5 Å². The van der Waals surface area contributed by atoms with Gasteiger partial charge in [0.2, 0.25) is 0 Å². The summed E-state index contributed by atoms with van der Waals surface area (Å²) in [7, 11) is 0. The predicted molar refractivity (Wildman–Crippen MR) is 61.7 cm³/mol. The van der Waals surface area contributed by atoms with Crippen LogP contribution in [-0.4, -0.2) is 0 Å². The van der Waals surface area contributed by atoms with Crippen molar-refractivity contribution in [3.63, 3.8) is 0 Å². The van der Waals surface area contributed by atoms with Crippen LogP contribution >= 0.6 is 11.3 Å². The van der Waals surface area contributed by atoms with E-state index >= 15 is 0 Å². The summed E-state index contributed by atoms with van der Waals surface area (Å²) >= 11 is 1.90. The summed E-state index contributed by atoms with van der Waals surface area (Å²) in [5, 5.41) is 11.4. The number of rotatable bonds is 1. The van der Waals surface area contributed by atoms with Gasteiger partial charge in [-0.2, -0.15) is 5.26 Å². The molecule has 15 heavy (non-hydrogen) atoms. The lowest BCUT2D eigenvalue weighted by Crippen LogP contribution is -2.42. The minimum atomic E-state index is 0.0546. The molecular formula is C13H15NS. The highest BCUT2D eigenvalue weighted by molar-refractivity contribution is 7.10. The number of hydrogen-bond donors (Lipinski definition) is 0. The Morgan fingerprint density at radius 2 is 1.80 bits per heavy atom. The normalized spacial score (nSPS) is 38.9. The summed E-state index contributed by atoms with van der Waals surface area (Å²) in [6.07, 6.45) is 7.09. The van der Waals surface area contributed by atoms with E-state index in [0.717, 1.165) is 19.3 Å². The molecule has 0 aliphatic heterocycles. The smallest absolute Gasteiger partial charge is 0.0689 e. The minimum absolute atomic E-state index is 0.0546. The van der Waals surface area contributed by atoms with E-state index in [1.165, 1.54) is 19.3 Å². The third-order valence-electron chi connectivity index (χ3n) is 4.53. The molecule has 0 saturated heterocycles. The fraction of sp³-hybridized carbons (Fsp3) is 0.615. The first kappa shape index (κ1) is 9.42. The molecule has 3 saturated carbocycles. The zero-order chi connectivity index (χ0) is 10.4. The minimum Gasteiger partial charge on any atom is -0.198 e. The number of nitriles is 1. The topological polar surface area (TPSA) is 23.8 Å². The molecule has 0 unspecified atom stereocenters. The summed E-state index contributed by atoms with van der Waals surface area (Å²) < 4.78 is 0. The molecule has 0 atom stereocenters.